The van der Waals surface area contributed by atoms with Crippen molar-refractivity contribution in [3.8, 4) is 0 Å². The van der Waals surface area contributed by atoms with Gasteiger partial charge in [0, 0.05) is 18.5 Å². The highest BCUT2D eigenvalue weighted by Gasteiger charge is 2.16. The van der Waals surface area contributed by atoms with E-state index in [1.54, 1.807) is 16.7 Å². The van der Waals surface area contributed by atoms with Crippen molar-refractivity contribution in [2.45, 2.75) is 25.8 Å². The minimum Gasteiger partial charge on any atom is -0.375 e. The van der Waals surface area contributed by atoms with Gasteiger partial charge < -0.3 is 10.6 Å². The molecule has 0 aliphatic rings. The van der Waals surface area contributed by atoms with Gasteiger partial charge in [-0.2, -0.15) is 11.8 Å². The first-order valence-corrected chi connectivity index (χ1v) is 7.76. The number of carbonyl (C=O) groups is 1. The van der Waals surface area contributed by atoms with Crippen molar-refractivity contribution in [2.75, 3.05) is 24.8 Å². The van der Waals surface area contributed by atoms with E-state index >= 15 is 0 Å². The number of likely N-dealkylation sites (N-methyl/N-ethyl adjacent to an activating group) is 1. The van der Waals surface area contributed by atoms with Crippen molar-refractivity contribution in [3.05, 3.63) is 11.1 Å². The number of nitrogens with zero attached hydrogens (tertiary/aromatic N) is 2. The molecule has 0 fully saturated rings. The molecule has 0 aromatic carbocycles. The van der Waals surface area contributed by atoms with Crippen LogP contribution in [0.3, 0.4) is 0 Å². The van der Waals surface area contributed by atoms with Gasteiger partial charge >= 0.3 is 0 Å². The summed E-state index contributed by atoms with van der Waals surface area (Å²) in [5.74, 6) is 1.17. The molecule has 0 aliphatic carbocycles. The van der Waals surface area contributed by atoms with Crippen LogP contribution in [0.4, 0.5) is 5.13 Å². The van der Waals surface area contributed by atoms with Crippen molar-refractivity contribution >= 4 is 34.1 Å². The van der Waals surface area contributed by atoms with E-state index in [0.29, 0.717) is 11.6 Å². The highest BCUT2D eigenvalue weighted by atomic mass is 32.2. The molecule has 1 rings (SSSR count). The van der Waals surface area contributed by atoms with Gasteiger partial charge in [-0.15, -0.1) is 11.3 Å². The Balaban J connectivity index is 2.46. The third-order valence-corrected chi connectivity index (χ3v) is 4.06. The average molecular weight is 273 g/mol. The zero-order valence-electron chi connectivity index (χ0n) is 10.5. The zero-order chi connectivity index (χ0) is 12.8. The molecule has 0 saturated heterocycles. The van der Waals surface area contributed by atoms with Crippen molar-refractivity contribution in [1.82, 2.24) is 9.88 Å². The Bertz CT molecular complexity index is 367. The van der Waals surface area contributed by atoms with E-state index < -0.39 is 0 Å². The Kier molecular flexibility index (Phi) is 5.77. The summed E-state index contributed by atoms with van der Waals surface area (Å²) in [6.45, 7) is 2.07. The number of nitrogens with two attached hydrogens (primary N) is 1. The molecular weight excluding hydrogens is 254 g/mol. The van der Waals surface area contributed by atoms with Gasteiger partial charge in [0.15, 0.2) is 5.13 Å². The maximum absolute atomic E-state index is 12.0. The minimum absolute atomic E-state index is 0.101. The summed E-state index contributed by atoms with van der Waals surface area (Å²) in [7, 11) is 1.85. The van der Waals surface area contributed by atoms with Gasteiger partial charge in [-0.05, 0) is 25.4 Å². The predicted octanol–water partition coefficient (Wildman–Crippen LogP) is 1.87. The Labute approximate surface area is 111 Å². The molecule has 1 heterocycles. The lowest BCUT2D eigenvalue weighted by Crippen LogP contribution is -2.36. The van der Waals surface area contributed by atoms with Gasteiger partial charge in [-0.25, -0.2) is 4.98 Å². The number of amides is 1. The summed E-state index contributed by atoms with van der Waals surface area (Å²) in [6.07, 6.45) is 3.43. The molecule has 1 amide bonds. The first kappa shape index (κ1) is 14.3. The lowest BCUT2D eigenvalue weighted by molar-refractivity contribution is -0.131. The van der Waals surface area contributed by atoms with Gasteiger partial charge in [0.25, 0.3) is 0 Å². The topological polar surface area (TPSA) is 59.2 Å². The van der Waals surface area contributed by atoms with Crippen LogP contribution in [-0.2, 0) is 11.2 Å². The fourth-order valence-corrected chi connectivity index (χ4v) is 2.55. The fraction of sp³-hybridized carbons (Fsp3) is 0.636. The Morgan fingerprint density at radius 1 is 1.71 bits per heavy atom. The van der Waals surface area contributed by atoms with Crippen LogP contribution >= 0.6 is 23.1 Å². The molecular formula is C11H19N3OS2. The molecule has 0 spiro atoms. The minimum atomic E-state index is 0.101. The molecule has 1 unspecified atom stereocenters. The van der Waals surface area contributed by atoms with E-state index in [9.17, 15) is 4.79 Å². The van der Waals surface area contributed by atoms with Crippen molar-refractivity contribution in [2.24, 2.45) is 0 Å². The first-order valence-electron chi connectivity index (χ1n) is 5.49. The van der Waals surface area contributed by atoms with Crippen LogP contribution in [0.2, 0.25) is 0 Å². The molecule has 96 valence electrons. The third-order valence-electron chi connectivity index (χ3n) is 2.70. The summed E-state index contributed by atoms with van der Waals surface area (Å²) in [5, 5.41) is 2.36. The molecule has 17 heavy (non-hydrogen) atoms. The SMILES string of the molecule is CSCCC(C)N(C)C(=O)Cc1csc(N)n1. The van der Waals surface area contributed by atoms with Crippen LogP contribution in [0.15, 0.2) is 5.38 Å². The van der Waals surface area contributed by atoms with Crippen molar-refractivity contribution in [3.63, 3.8) is 0 Å². The number of rotatable bonds is 6. The van der Waals surface area contributed by atoms with Gasteiger partial charge in [-0.3, -0.25) is 4.79 Å². The van der Waals surface area contributed by atoms with E-state index in [2.05, 4.69) is 18.2 Å². The average Bonchev–Trinajstić information content (AvgIpc) is 2.70. The fourth-order valence-electron chi connectivity index (χ4n) is 1.41. The van der Waals surface area contributed by atoms with Crippen LogP contribution in [-0.4, -0.2) is 40.9 Å². The lowest BCUT2D eigenvalue weighted by Gasteiger charge is -2.24. The Hall–Kier alpha value is -0.750. The number of hydrogen-bond donors (Lipinski definition) is 1. The zero-order valence-corrected chi connectivity index (χ0v) is 12.1. The highest BCUT2D eigenvalue weighted by Crippen LogP contribution is 2.13. The van der Waals surface area contributed by atoms with E-state index in [1.165, 1.54) is 11.3 Å². The second-order valence-electron chi connectivity index (χ2n) is 3.99. The second kappa shape index (κ2) is 6.86. The van der Waals surface area contributed by atoms with E-state index in [0.717, 1.165) is 17.9 Å². The summed E-state index contributed by atoms with van der Waals surface area (Å²) in [6, 6.07) is 0.269. The van der Waals surface area contributed by atoms with Gasteiger partial charge in [0.05, 0.1) is 12.1 Å². The van der Waals surface area contributed by atoms with Crippen LogP contribution < -0.4 is 5.73 Å². The molecule has 0 aliphatic heterocycles. The number of hydrogen-bond acceptors (Lipinski definition) is 5. The normalized spacial score (nSPS) is 12.4. The maximum Gasteiger partial charge on any atom is 0.228 e. The van der Waals surface area contributed by atoms with Gasteiger partial charge in [-0.1, -0.05) is 0 Å². The van der Waals surface area contributed by atoms with Crippen LogP contribution in [0.25, 0.3) is 0 Å². The summed E-state index contributed by atoms with van der Waals surface area (Å²) < 4.78 is 0. The largest absolute Gasteiger partial charge is 0.375 e. The maximum atomic E-state index is 12.0. The van der Waals surface area contributed by atoms with E-state index in [4.69, 9.17) is 5.73 Å². The molecule has 1 aromatic rings. The highest BCUT2D eigenvalue weighted by molar-refractivity contribution is 7.98. The lowest BCUT2D eigenvalue weighted by atomic mass is 10.2. The summed E-state index contributed by atoms with van der Waals surface area (Å²) >= 11 is 3.17. The van der Waals surface area contributed by atoms with E-state index in [1.807, 2.05) is 12.4 Å². The van der Waals surface area contributed by atoms with Crippen LogP contribution in [0, 0.1) is 0 Å². The summed E-state index contributed by atoms with van der Waals surface area (Å²) in [5.41, 5.74) is 6.30. The summed E-state index contributed by atoms with van der Waals surface area (Å²) in [4.78, 5) is 17.9. The monoisotopic (exact) mass is 273 g/mol. The Morgan fingerprint density at radius 2 is 2.41 bits per heavy atom. The van der Waals surface area contributed by atoms with Gasteiger partial charge in [0.2, 0.25) is 5.91 Å². The standard InChI is InChI=1S/C11H19N3OS2/c1-8(4-5-16-3)14(2)10(15)6-9-7-17-11(12)13-9/h7-8H,4-6H2,1-3H3,(H2,12,13). The molecule has 1 atom stereocenters. The number of thioether (sulfide) groups is 1. The number of aromatic nitrogens is 1. The molecule has 0 saturated carbocycles. The molecule has 1 aromatic heterocycles. The molecule has 4 nitrogen and oxygen atoms in total. The quantitative estimate of drug-likeness (QED) is 0.859. The molecule has 0 bridgehead atoms. The second-order valence-corrected chi connectivity index (χ2v) is 5.86. The Morgan fingerprint density at radius 3 is 2.94 bits per heavy atom. The van der Waals surface area contributed by atoms with Gasteiger partial charge in [0.1, 0.15) is 0 Å². The number of thiazole rings is 1. The van der Waals surface area contributed by atoms with E-state index in [-0.39, 0.29) is 11.9 Å². The van der Waals surface area contributed by atoms with Crippen LogP contribution in [0.1, 0.15) is 19.0 Å². The third kappa shape index (κ3) is 4.55. The number of carbonyl (C=O) groups excluding carboxylic acids is 1. The molecule has 6 heteroatoms. The first-order chi connectivity index (χ1) is 8.04. The van der Waals surface area contributed by atoms with Crippen molar-refractivity contribution in [1.29, 1.82) is 0 Å². The predicted molar refractivity (Wildman–Crippen MR) is 75.5 cm³/mol. The van der Waals surface area contributed by atoms with Crippen LogP contribution in [0.5, 0.6) is 0 Å². The molecule has 0 radical (unpaired) electrons. The van der Waals surface area contributed by atoms with Crippen molar-refractivity contribution < 1.29 is 4.79 Å². The number of anilines is 1. The number of nitrogen functional groups attached to an aromatic ring is 1. The smallest absolute Gasteiger partial charge is 0.228 e. The molecule has 2 N–H and O–H groups in total.